The Morgan fingerprint density at radius 3 is 2.32 bits per heavy atom. The van der Waals surface area contributed by atoms with E-state index in [1.165, 1.54) is 31.2 Å². The molecule has 0 unspecified atom stereocenters. The highest BCUT2D eigenvalue weighted by Gasteiger charge is 2.15. The van der Waals surface area contributed by atoms with Gasteiger partial charge in [-0.3, -0.25) is 0 Å². The predicted molar refractivity (Wildman–Crippen MR) is 105 cm³/mol. The summed E-state index contributed by atoms with van der Waals surface area (Å²) in [5.74, 6) is 1.73. The molecular formula is C21H24N4. The lowest BCUT2D eigenvalue weighted by Gasteiger charge is -2.21. The number of rotatable bonds is 3. The van der Waals surface area contributed by atoms with Crippen LogP contribution in [0.1, 0.15) is 31.2 Å². The summed E-state index contributed by atoms with van der Waals surface area (Å²) in [4.78, 5) is 12.1. The van der Waals surface area contributed by atoms with Crippen molar-refractivity contribution in [1.82, 2.24) is 9.97 Å². The van der Waals surface area contributed by atoms with E-state index in [0.29, 0.717) is 0 Å². The summed E-state index contributed by atoms with van der Waals surface area (Å²) in [5.41, 5.74) is 3.30. The quantitative estimate of drug-likeness (QED) is 0.727. The smallest absolute Gasteiger partial charge is 0.227 e. The fourth-order valence-corrected chi connectivity index (χ4v) is 3.35. The number of hydrogen-bond acceptors (Lipinski definition) is 4. The van der Waals surface area contributed by atoms with E-state index in [1.54, 1.807) is 0 Å². The number of aromatic nitrogens is 2. The third-order valence-electron chi connectivity index (χ3n) is 4.79. The second-order valence-corrected chi connectivity index (χ2v) is 6.78. The highest BCUT2D eigenvalue weighted by Crippen LogP contribution is 2.27. The minimum absolute atomic E-state index is 0.843. The topological polar surface area (TPSA) is 41.1 Å². The average molecular weight is 332 g/mol. The molecule has 1 aromatic heterocycles. The van der Waals surface area contributed by atoms with Gasteiger partial charge >= 0.3 is 0 Å². The lowest BCUT2D eigenvalue weighted by Crippen LogP contribution is -2.26. The van der Waals surface area contributed by atoms with Gasteiger partial charge in [-0.1, -0.05) is 42.7 Å². The van der Waals surface area contributed by atoms with Crippen LogP contribution in [-0.4, -0.2) is 23.1 Å². The van der Waals surface area contributed by atoms with Gasteiger partial charge in [0.25, 0.3) is 0 Å². The van der Waals surface area contributed by atoms with Crippen molar-refractivity contribution in [1.29, 1.82) is 0 Å². The Balaban J connectivity index is 1.74. The zero-order chi connectivity index (χ0) is 17.1. The molecule has 0 saturated carbocycles. The maximum atomic E-state index is 4.89. The lowest BCUT2D eigenvalue weighted by atomic mass is 10.2. The Bertz CT molecular complexity index is 849. The molecule has 1 fully saturated rings. The van der Waals surface area contributed by atoms with Gasteiger partial charge in [0.05, 0.1) is 5.52 Å². The van der Waals surface area contributed by atoms with Gasteiger partial charge in [-0.05, 0) is 44.0 Å². The van der Waals surface area contributed by atoms with Gasteiger partial charge in [0.2, 0.25) is 5.95 Å². The molecule has 0 bridgehead atoms. The molecule has 2 aromatic carbocycles. The van der Waals surface area contributed by atoms with Crippen LogP contribution in [0, 0.1) is 6.92 Å². The van der Waals surface area contributed by atoms with Crippen LogP contribution < -0.4 is 10.2 Å². The number of nitrogens with one attached hydrogen (secondary N) is 1. The molecule has 1 N–H and O–H groups in total. The number of hydrogen-bond donors (Lipinski definition) is 1. The van der Waals surface area contributed by atoms with E-state index in [-0.39, 0.29) is 0 Å². The Labute approximate surface area is 148 Å². The Morgan fingerprint density at radius 2 is 1.56 bits per heavy atom. The molecule has 25 heavy (non-hydrogen) atoms. The molecule has 4 rings (SSSR count). The summed E-state index contributed by atoms with van der Waals surface area (Å²) in [6.45, 7) is 4.19. The zero-order valence-corrected chi connectivity index (χ0v) is 14.7. The van der Waals surface area contributed by atoms with Crippen LogP contribution in [0.2, 0.25) is 0 Å². The molecule has 0 atom stereocenters. The molecule has 1 aliphatic heterocycles. The SMILES string of the molecule is Cc1ccc(Nc2nc(N3CCCCCC3)nc3ccccc23)cc1. The second-order valence-electron chi connectivity index (χ2n) is 6.78. The summed E-state index contributed by atoms with van der Waals surface area (Å²) in [5, 5.41) is 4.55. The van der Waals surface area contributed by atoms with E-state index in [0.717, 1.165) is 41.4 Å². The minimum atomic E-state index is 0.843. The third kappa shape index (κ3) is 3.58. The maximum Gasteiger partial charge on any atom is 0.227 e. The first kappa shape index (κ1) is 15.9. The third-order valence-corrected chi connectivity index (χ3v) is 4.79. The first-order valence-electron chi connectivity index (χ1n) is 9.15. The molecule has 4 nitrogen and oxygen atoms in total. The van der Waals surface area contributed by atoms with E-state index in [1.807, 2.05) is 12.1 Å². The zero-order valence-electron chi connectivity index (χ0n) is 14.7. The van der Waals surface area contributed by atoms with Crippen LogP contribution in [-0.2, 0) is 0 Å². The molecule has 3 aromatic rings. The van der Waals surface area contributed by atoms with E-state index >= 15 is 0 Å². The highest BCUT2D eigenvalue weighted by atomic mass is 15.3. The Kier molecular flexibility index (Phi) is 4.51. The monoisotopic (exact) mass is 332 g/mol. The number of anilines is 3. The van der Waals surface area contributed by atoms with E-state index in [4.69, 9.17) is 9.97 Å². The van der Waals surface area contributed by atoms with Crippen LogP contribution in [0.4, 0.5) is 17.5 Å². The summed E-state index contributed by atoms with van der Waals surface area (Å²) < 4.78 is 0. The van der Waals surface area contributed by atoms with Gasteiger partial charge in [0, 0.05) is 24.2 Å². The van der Waals surface area contributed by atoms with Crippen molar-refractivity contribution in [3.8, 4) is 0 Å². The van der Waals surface area contributed by atoms with Gasteiger partial charge in [0.1, 0.15) is 5.82 Å². The van der Waals surface area contributed by atoms with Crippen molar-refractivity contribution in [3.05, 3.63) is 54.1 Å². The van der Waals surface area contributed by atoms with Gasteiger partial charge in [-0.25, -0.2) is 4.98 Å². The van der Waals surface area contributed by atoms with Crippen LogP contribution in [0.5, 0.6) is 0 Å². The molecule has 1 saturated heterocycles. The van der Waals surface area contributed by atoms with Crippen molar-refractivity contribution in [2.75, 3.05) is 23.3 Å². The van der Waals surface area contributed by atoms with Gasteiger partial charge in [-0.2, -0.15) is 4.98 Å². The summed E-state index contributed by atoms with van der Waals surface area (Å²) in [7, 11) is 0. The summed E-state index contributed by atoms with van der Waals surface area (Å²) >= 11 is 0. The Hall–Kier alpha value is -2.62. The second kappa shape index (κ2) is 7.09. The van der Waals surface area contributed by atoms with Gasteiger partial charge in [0.15, 0.2) is 0 Å². The predicted octanol–water partition coefficient (Wildman–Crippen LogP) is 5.06. The minimum Gasteiger partial charge on any atom is -0.341 e. The molecular weight excluding hydrogens is 308 g/mol. The molecule has 0 spiro atoms. The molecule has 1 aliphatic rings. The average Bonchev–Trinajstić information content (AvgIpc) is 2.93. The van der Waals surface area contributed by atoms with Gasteiger partial charge in [-0.15, -0.1) is 0 Å². The molecule has 4 heteroatoms. The summed E-state index contributed by atoms with van der Waals surface area (Å²) in [6.07, 6.45) is 5.05. The van der Waals surface area contributed by atoms with E-state index in [9.17, 15) is 0 Å². The number of para-hydroxylation sites is 1. The first-order valence-corrected chi connectivity index (χ1v) is 9.15. The van der Waals surface area contributed by atoms with Crippen LogP contribution in [0.3, 0.4) is 0 Å². The standard InChI is InChI=1S/C21H24N4/c1-16-10-12-17(13-11-16)22-20-18-8-4-5-9-19(18)23-21(24-20)25-14-6-2-3-7-15-25/h4-5,8-13H,2-3,6-7,14-15H2,1H3,(H,22,23,24). The van der Waals surface area contributed by atoms with Crippen molar-refractivity contribution in [2.45, 2.75) is 32.6 Å². The van der Waals surface area contributed by atoms with Crippen molar-refractivity contribution in [3.63, 3.8) is 0 Å². The fourth-order valence-electron chi connectivity index (χ4n) is 3.35. The van der Waals surface area contributed by atoms with Crippen molar-refractivity contribution in [2.24, 2.45) is 0 Å². The molecule has 0 amide bonds. The molecule has 128 valence electrons. The van der Waals surface area contributed by atoms with Crippen LogP contribution >= 0.6 is 0 Å². The number of fused-ring (bicyclic) bond motifs is 1. The van der Waals surface area contributed by atoms with Crippen molar-refractivity contribution < 1.29 is 0 Å². The number of benzene rings is 2. The fraction of sp³-hybridized carbons (Fsp3) is 0.333. The molecule has 0 aliphatic carbocycles. The number of aryl methyl sites for hydroxylation is 1. The summed E-state index contributed by atoms with van der Waals surface area (Å²) in [6, 6.07) is 16.6. The van der Waals surface area contributed by atoms with E-state index < -0.39 is 0 Å². The maximum absolute atomic E-state index is 4.89. The van der Waals surface area contributed by atoms with Crippen molar-refractivity contribution >= 4 is 28.4 Å². The Morgan fingerprint density at radius 1 is 0.840 bits per heavy atom. The van der Waals surface area contributed by atoms with Crippen LogP contribution in [0.15, 0.2) is 48.5 Å². The molecule has 0 radical (unpaired) electrons. The first-order chi connectivity index (χ1) is 12.3. The van der Waals surface area contributed by atoms with Gasteiger partial charge < -0.3 is 10.2 Å². The largest absolute Gasteiger partial charge is 0.341 e. The lowest BCUT2D eigenvalue weighted by molar-refractivity contribution is 0.726. The van der Waals surface area contributed by atoms with E-state index in [2.05, 4.69) is 53.5 Å². The highest BCUT2D eigenvalue weighted by molar-refractivity contribution is 5.91. The van der Waals surface area contributed by atoms with Crippen LogP contribution in [0.25, 0.3) is 10.9 Å². The number of nitrogens with zero attached hydrogens (tertiary/aromatic N) is 3. The molecule has 2 heterocycles. The normalized spacial score (nSPS) is 15.2.